The van der Waals surface area contributed by atoms with E-state index in [0.29, 0.717) is 29.3 Å². The molecule has 2 aromatic carbocycles. The summed E-state index contributed by atoms with van der Waals surface area (Å²) in [5.41, 5.74) is 6.89. The predicted octanol–water partition coefficient (Wildman–Crippen LogP) is 5.28. The van der Waals surface area contributed by atoms with Gasteiger partial charge in [-0.3, -0.25) is 4.98 Å². The molecule has 2 aliphatic rings. The van der Waals surface area contributed by atoms with Crippen molar-refractivity contribution in [2.24, 2.45) is 5.92 Å². The maximum absolute atomic E-state index is 13.5. The van der Waals surface area contributed by atoms with Crippen molar-refractivity contribution in [3.8, 4) is 11.5 Å². The largest absolute Gasteiger partial charge is 0.489 e. The van der Waals surface area contributed by atoms with Gasteiger partial charge in [-0.25, -0.2) is 13.2 Å². The molecular formula is C29H29Cl2F2N3O7S. The third-order valence-corrected chi connectivity index (χ3v) is 9.67. The number of benzene rings is 2. The molecule has 0 amide bonds. The molecule has 44 heavy (non-hydrogen) atoms. The van der Waals surface area contributed by atoms with Crippen LogP contribution in [0.15, 0.2) is 59.8 Å². The standard InChI is InChI=1S/C29H29Cl2F2N3O7S/c30-22-13-35-14-23(31)21(22)12-25(18-3-8-24(43-29(32)33)26(11-18)41-16-17-1-2-17)42-28(37)27-15-36(9-10-40-27)44(38,39)20-6-4-19(34)5-7-20/h3-8,11,13-14,17,25,27,29H,1-2,9-10,12,15-16,34H2/t25-,27?/m0/s1. The number of hydrogen-bond donors (Lipinski definition) is 1. The zero-order valence-corrected chi connectivity index (χ0v) is 25.5. The van der Waals surface area contributed by atoms with Gasteiger partial charge in [-0.1, -0.05) is 29.3 Å². The first-order valence-electron chi connectivity index (χ1n) is 13.7. The number of nitrogens with zero attached hydrogens (tertiary/aromatic N) is 2. The van der Waals surface area contributed by atoms with Crippen LogP contribution >= 0.6 is 23.2 Å². The Labute approximate surface area is 263 Å². The number of hydrogen-bond acceptors (Lipinski definition) is 9. The number of aromatic nitrogens is 1. The van der Waals surface area contributed by atoms with E-state index >= 15 is 0 Å². The van der Waals surface area contributed by atoms with Crippen molar-refractivity contribution >= 4 is 44.9 Å². The summed E-state index contributed by atoms with van der Waals surface area (Å²) in [6, 6.07) is 9.94. The second-order valence-corrected chi connectivity index (χ2v) is 13.1. The van der Waals surface area contributed by atoms with Crippen LogP contribution in [0.1, 0.15) is 30.1 Å². The molecule has 1 aromatic heterocycles. The smallest absolute Gasteiger partial charge is 0.387 e. The molecule has 2 N–H and O–H groups in total. The van der Waals surface area contributed by atoms with E-state index in [0.717, 1.165) is 17.1 Å². The summed E-state index contributed by atoms with van der Waals surface area (Å²) in [4.78, 5) is 17.5. The lowest BCUT2D eigenvalue weighted by Crippen LogP contribution is -2.49. The van der Waals surface area contributed by atoms with Crippen LogP contribution in [0.4, 0.5) is 14.5 Å². The zero-order chi connectivity index (χ0) is 31.4. The number of pyridine rings is 1. The Bertz CT molecular complexity index is 1570. The van der Waals surface area contributed by atoms with E-state index in [1.165, 1.54) is 54.9 Å². The van der Waals surface area contributed by atoms with E-state index in [4.69, 9.17) is 43.1 Å². The molecule has 0 spiro atoms. The normalized spacial score (nSPS) is 18.2. The Hall–Kier alpha value is -3.23. The van der Waals surface area contributed by atoms with E-state index in [-0.39, 0.29) is 52.6 Å². The highest BCUT2D eigenvalue weighted by atomic mass is 35.5. The first kappa shape index (κ1) is 32.2. The molecule has 0 bridgehead atoms. The van der Waals surface area contributed by atoms with Crippen LogP contribution in [0.2, 0.25) is 10.0 Å². The Balaban J connectivity index is 1.41. The number of rotatable bonds is 12. The van der Waals surface area contributed by atoms with Gasteiger partial charge in [-0.15, -0.1) is 0 Å². The zero-order valence-electron chi connectivity index (χ0n) is 23.2. The van der Waals surface area contributed by atoms with Gasteiger partial charge in [0.15, 0.2) is 17.6 Å². The van der Waals surface area contributed by atoms with Gasteiger partial charge in [0.1, 0.15) is 6.10 Å². The number of carbonyl (C=O) groups is 1. The molecule has 2 fully saturated rings. The fourth-order valence-electron chi connectivity index (χ4n) is 4.56. The fraction of sp³-hybridized carbons (Fsp3) is 0.379. The fourth-order valence-corrected chi connectivity index (χ4v) is 6.50. The highest BCUT2D eigenvalue weighted by Crippen LogP contribution is 2.38. The van der Waals surface area contributed by atoms with Crippen LogP contribution < -0.4 is 15.2 Å². The molecule has 2 atom stereocenters. The van der Waals surface area contributed by atoms with Gasteiger partial charge in [-0.05, 0) is 66.3 Å². The predicted molar refractivity (Wildman–Crippen MR) is 157 cm³/mol. The molecule has 15 heteroatoms. The molecule has 1 unspecified atom stereocenters. The minimum Gasteiger partial charge on any atom is -0.489 e. The Morgan fingerprint density at radius 1 is 1.09 bits per heavy atom. The third kappa shape index (κ3) is 7.88. The number of ether oxygens (including phenoxy) is 4. The number of halogens is 4. The number of nitrogens with two attached hydrogens (primary N) is 1. The van der Waals surface area contributed by atoms with Crippen LogP contribution in [0.25, 0.3) is 0 Å². The second-order valence-electron chi connectivity index (χ2n) is 10.3. The Kier molecular flexibility index (Phi) is 10.1. The van der Waals surface area contributed by atoms with Crippen LogP contribution in [0.3, 0.4) is 0 Å². The van der Waals surface area contributed by atoms with Crippen LogP contribution in [-0.4, -0.2) is 62.7 Å². The average molecular weight is 673 g/mol. The van der Waals surface area contributed by atoms with Gasteiger partial charge in [0, 0.05) is 31.0 Å². The van der Waals surface area contributed by atoms with E-state index < -0.39 is 34.8 Å². The molecule has 1 saturated heterocycles. The van der Waals surface area contributed by atoms with Gasteiger partial charge < -0.3 is 24.7 Å². The minimum atomic E-state index is -3.96. The topological polar surface area (TPSA) is 130 Å². The summed E-state index contributed by atoms with van der Waals surface area (Å²) >= 11 is 12.7. The van der Waals surface area contributed by atoms with Crippen molar-refractivity contribution in [3.63, 3.8) is 0 Å². The molecule has 2 heterocycles. The number of anilines is 1. The average Bonchev–Trinajstić information content (AvgIpc) is 3.83. The molecule has 3 aromatic rings. The number of nitrogen functional groups attached to an aromatic ring is 1. The molecule has 5 rings (SSSR count). The summed E-state index contributed by atoms with van der Waals surface area (Å²) in [7, 11) is -3.96. The van der Waals surface area contributed by atoms with Crippen LogP contribution in [0, 0.1) is 5.92 Å². The lowest BCUT2D eigenvalue weighted by Gasteiger charge is -2.32. The first-order chi connectivity index (χ1) is 21.0. The van der Waals surface area contributed by atoms with Gasteiger partial charge in [0.05, 0.1) is 34.7 Å². The molecule has 0 radical (unpaired) electrons. The molecule has 236 valence electrons. The summed E-state index contributed by atoms with van der Waals surface area (Å²) in [5.74, 6) is -0.648. The van der Waals surface area contributed by atoms with Crippen LogP contribution in [0.5, 0.6) is 11.5 Å². The SMILES string of the molecule is Nc1ccc(S(=O)(=O)N2CCOC(C(=O)O[C@@H](Cc3c(Cl)cncc3Cl)c3ccc(OC(F)F)c(OCC4CC4)c3)C2)cc1. The number of sulfonamides is 1. The lowest BCUT2D eigenvalue weighted by molar-refractivity contribution is -0.166. The van der Waals surface area contributed by atoms with Gasteiger partial charge in [-0.2, -0.15) is 13.1 Å². The second kappa shape index (κ2) is 13.8. The molecule has 1 aliphatic carbocycles. The monoisotopic (exact) mass is 671 g/mol. The maximum Gasteiger partial charge on any atom is 0.387 e. The van der Waals surface area contributed by atoms with E-state index in [9.17, 15) is 22.0 Å². The highest BCUT2D eigenvalue weighted by Gasteiger charge is 2.36. The van der Waals surface area contributed by atoms with Crippen molar-refractivity contribution in [2.75, 3.05) is 32.0 Å². The summed E-state index contributed by atoms with van der Waals surface area (Å²) in [6.07, 6.45) is 2.36. The number of morpholine rings is 1. The molecule has 1 saturated carbocycles. The lowest BCUT2D eigenvalue weighted by atomic mass is 10.0. The van der Waals surface area contributed by atoms with E-state index in [1.807, 2.05) is 0 Å². The highest BCUT2D eigenvalue weighted by molar-refractivity contribution is 7.89. The number of alkyl halides is 2. The van der Waals surface area contributed by atoms with Crippen molar-refractivity contribution in [2.45, 2.75) is 43.0 Å². The Morgan fingerprint density at radius 2 is 1.80 bits per heavy atom. The molecular weight excluding hydrogens is 643 g/mol. The maximum atomic E-state index is 13.5. The van der Waals surface area contributed by atoms with Crippen molar-refractivity contribution in [1.82, 2.24) is 9.29 Å². The minimum absolute atomic E-state index is 0.0189. The van der Waals surface area contributed by atoms with Gasteiger partial charge in [0.25, 0.3) is 0 Å². The van der Waals surface area contributed by atoms with E-state index in [1.54, 1.807) is 0 Å². The number of carbonyl (C=O) groups excluding carboxylic acids is 1. The van der Waals surface area contributed by atoms with Crippen molar-refractivity contribution in [3.05, 3.63) is 76.0 Å². The van der Waals surface area contributed by atoms with Gasteiger partial charge in [0.2, 0.25) is 10.0 Å². The van der Waals surface area contributed by atoms with Gasteiger partial charge >= 0.3 is 12.6 Å². The summed E-state index contributed by atoms with van der Waals surface area (Å²) in [5, 5.41) is 0.437. The number of esters is 1. The quantitative estimate of drug-likeness (QED) is 0.202. The van der Waals surface area contributed by atoms with Crippen molar-refractivity contribution < 1.29 is 40.9 Å². The summed E-state index contributed by atoms with van der Waals surface area (Å²) in [6.45, 7) is -3.10. The van der Waals surface area contributed by atoms with Crippen LogP contribution in [-0.2, 0) is 30.7 Å². The molecule has 1 aliphatic heterocycles. The van der Waals surface area contributed by atoms with E-state index in [2.05, 4.69) is 9.72 Å². The Morgan fingerprint density at radius 3 is 2.45 bits per heavy atom. The first-order valence-corrected chi connectivity index (χ1v) is 15.9. The molecule has 10 nitrogen and oxygen atoms in total. The third-order valence-electron chi connectivity index (χ3n) is 7.14. The van der Waals surface area contributed by atoms with Crippen molar-refractivity contribution in [1.29, 1.82) is 0 Å². The summed E-state index contributed by atoms with van der Waals surface area (Å²) < 4.78 is 75.8.